The standard InChI is InChI=1S/C14H18BF3O4/c1-5-13(3,4)22-15(19-6-2)9-7-10(16)12-11(8-9)20-14(17,18)21-12/h7-8H,5-6H2,1-4H3. The van der Waals surface area contributed by atoms with Gasteiger partial charge in [-0.1, -0.05) is 6.92 Å². The highest BCUT2D eigenvalue weighted by molar-refractivity contribution is 6.61. The lowest BCUT2D eigenvalue weighted by Gasteiger charge is -2.28. The first-order chi connectivity index (χ1) is 10.2. The van der Waals surface area contributed by atoms with E-state index in [1.54, 1.807) is 6.92 Å². The Labute approximate surface area is 127 Å². The lowest BCUT2D eigenvalue weighted by atomic mass is 9.77. The molecule has 0 saturated carbocycles. The first kappa shape index (κ1) is 17.0. The Balaban J connectivity index is 2.32. The van der Waals surface area contributed by atoms with Crippen molar-refractivity contribution >= 4 is 12.6 Å². The van der Waals surface area contributed by atoms with E-state index in [9.17, 15) is 13.2 Å². The Bertz CT molecular complexity index is 551. The summed E-state index contributed by atoms with van der Waals surface area (Å²) < 4.78 is 59.8. The second kappa shape index (κ2) is 6.00. The molecule has 2 rings (SSSR count). The van der Waals surface area contributed by atoms with E-state index >= 15 is 0 Å². The van der Waals surface area contributed by atoms with Gasteiger partial charge in [0.1, 0.15) is 0 Å². The van der Waals surface area contributed by atoms with Crippen LogP contribution in [0, 0.1) is 5.82 Å². The maximum Gasteiger partial charge on any atom is 0.586 e. The number of ether oxygens (including phenoxy) is 2. The van der Waals surface area contributed by atoms with E-state index in [4.69, 9.17) is 9.31 Å². The highest BCUT2D eigenvalue weighted by Gasteiger charge is 2.46. The van der Waals surface area contributed by atoms with Crippen molar-refractivity contribution in [3.05, 3.63) is 17.9 Å². The summed E-state index contributed by atoms with van der Waals surface area (Å²) in [5, 5.41) is 0. The average Bonchev–Trinajstić information content (AvgIpc) is 2.73. The van der Waals surface area contributed by atoms with Crippen molar-refractivity contribution in [1.82, 2.24) is 0 Å². The van der Waals surface area contributed by atoms with Crippen LogP contribution in [0.3, 0.4) is 0 Å². The van der Waals surface area contributed by atoms with Gasteiger partial charge in [-0.3, -0.25) is 0 Å². The smallest absolute Gasteiger partial charge is 0.408 e. The van der Waals surface area contributed by atoms with Gasteiger partial charge in [-0.2, -0.15) is 0 Å². The fourth-order valence-electron chi connectivity index (χ4n) is 1.89. The van der Waals surface area contributed by atoms with E-state index in [0.717, 1.165) is 6.07 Å². The zero-order valence-corrected chi connectivity index (χ0v) is 12.9. The third kappa shape index (κ3) is 3.67. The van der Waals surface area contributed by atoms with Gasteiger partial charge in [-0.15, -0.1) is 8.78 Å². The van der Waals surface area contributed by atoms with E-state index in [2.05, 4.69) is 9.47 Å². The number of benzene rings is 1. The van der Waals surface area contributed by atoms with Gasteiger partial charge < -0.3 is 18.8 Å². The van der Waals surface area contributed by atoms with Crippen LogP contribution in [-0.2, 0) is 9.31 Å². The minimum Gasteiger partial charge on any atom is -0.408 e. The lowest BCUT2D eigenvalue weighted by Crippen LogP contribution is -2.43. The molecule has 0 amide bonds. The Hall–Kier alpha value is -1.41. The minimum absolute atomic E-state index is 0.251. The largest absolute Gasteiger partial charge is 0.586 e. The van der Waals surface area contributed by atoms with Gasteiger partial charge >= 0.3 is 13.4 Å². The quantitative estimate of drug-likeness (QED) is 0.756. The van der Waals surface area contributed by atoms with Crippen LogP contribution in [0.1, 0.15) is 34.1 Å². The second-order valence-corrected chi connectivity index (χ2v) is 5.52. The molecule has 22 heavy (non-hydrogen) atoms. The summed E-state index contributed by atoms with van der Waals surface area (Å²) >= 11 is 0. The third-order valence-corrected chi connectivity index (χ3v) is 3.35. The zero-order chi connectivity index (χ0) is 16.5. The summed E-state index contributed by atoms with van der Waals surface area (Å²) in [6.07, 6.45) is -3.17. The van der Waals surface area contributed by atoms with Gasteiger partial charge in [0.2, 0.25) is 5.75 Å². The molecule has 4 nitrogen and oxygen atoms in total. The van der Waals surface area contributed by atoms with Crippen molar-refractivity contribution < 1.29 is 32.0 Å². The molecule has 122 valence electrons. The monoisotopic (exact) mass is 318 g/mol. The van der Waals surface area contributed by atoms with Crippen molar-refractivity contribution in [3.63, 3.8) is 0 Å². The SMILES string of the molecule is CCOB(OC(C)(C)CC)c1cc(F)c2c(c1)OC(F)(F)O2. The van der Waals surface area contributed by atoms with E-state index in [1.165, 1.54) is 6.07 Å². The summed E-state index contributed by atoms with van der Waals surface area (Å²) in [7, 11) is -0.891. The predicted molar refractivity (Wildman–Crippen MR) is 75.1 cm³/mol. The van der Waals surface area contributed by atoms with Crippen LogP contribution >= 0.6 is 0 Å². The number of alkyl halides is 2. The van der Waals surface area contributed by atoms with Gasteiger partial charge in [0.05, 0.1) is 0 Å². The molecule has 8 heteroatoms. The van der Waals surface area contributed by atoms with E-state index in [0.29, 0.717) is 13.0 Å². The maximum absolute atomic E-state index is 14.0. The normalized spacial score (nSPS) is 16.0. The molecule has 0 unspecified atom stereocenters. The van der Waals surface area contributed by atoms with E-state index in [-0.39, 0.29) is 11.2 Å². The van der Waals surface area contributed by atoms with Gasteiger partial charge in [0.15, 0.2) is 11.6 Å². The topological polar surface area (TPSA) is 36.9 Å². The summed E-state index contributed by atoms with van der Waals surface area (Å²) in [6.45, 7) is 7.72. The highest BCUT2D eigenvalue weighted by atomic mass is 19.3. The molecule has 1 aliphatic heterocycles. The van der Waals surface area contributed by atoms with Gasteiger partial charge in [-0.25, -0.2) is 4.39 Å². The number of hydrogen-bond acceptors (Lipinski definition) is 4. The molecule has 0 N–H and O–H groups in total. The first-order valence-corrected chi connectivity index (χ1v) is 7.06. The van der Waals surface area contributed by atoms with Gasteiger partial charge in [-0.05, 0) is 44.8 Å². The second-order valence-electron chi connectivity index (χ2n) is 5.52. The van der Waals surface area contributed by atoms with E-state index < -0.39 is 30.6 Å². The van der Waals surface area contributed by atoms with Crippen LogP contribution in [0.5, 0.6) is 11.5 Å². The molecule has 1 aliphatic rings. The fourth-order valence-corrected chi connectivity index (χ4v) is 1.89. The Kier molecular flexibility index (Phi) is 4.63. The van der Waals surface area contributed by atoms with Crippen LogP contribution in [0.25, 0.3) is 0 Å². The molecular weight excluding hydrogens is 300 g/mol. The number of halogens is 3. The first-order valence-electron chi connectivity index (χ1n) is 7.06. The molecule has 0 atom stereocenters. The van der Waals surface area contributed by atoms with Crippen LogP contribution in [0.4, 0.5) is 13.2 Å². The maximum atomic E-state index is 14.0. The van der Waals surface area contributed by atoms with Crippen molar-refractivity contribution in [2.75, 3.05) is 6.61 Å². The van der Waals surface area contributed by atoms with Crippen molar-refractivity contribution in [2.45, 2.75) is 46.0 Å². The predicted octanol–water partition coefficient (Wildman–Crippen LogP) is 3.08. The molecule has 1 heterocycles. The average molecular weight is 318 g/mol. The summed E-state index contributed by atoms with van der Waals surface area (Å²) in [4.78, 5) is 0. The molecule has 1 aromatic carbocycles. The Morgan fingerprint density at radius 3 is 2.50 bits per heavy atom. The molecule has 0 aromatic heterocycles. The zero-order valence-electron chi connectivity index (χ0n) is 12.9. The van der Waals surface area contributed by atoms with Crippen LogP contribution in [0.15, 0.2) is 12.1 Å². The Morgan fingerprint density at radius 1 is 1.23 bits per heavy atom. The van der Waals surface area contributed by atoms with Gasteiger partial charge in [0, 0.05) is 12.2 Å². The number of rotatable bonds is 6. The molecule has 0 aliphatic carbocycles. The van der Waals surface area contributed by atoms with Crippen molar-refractivity contribution in [1.29, 1.82) is 0 Å². The number of fused-ring (bicyclic) bond motifs is 1. The Morgan fingerprint density at radius 2 is 1.91 bits per heavy atom. The van der Waals surface area contributed by atoms with E-state index in [1.807, 2.05) is 20.8 Å². The van der Waals surface area contributed by atoms with Gasteiger partial charge in [0.25, 0.3) is 0 Å². The van der Waals surface area contributed by atoms with Crippen LogP contribution < -0.4 is 14.9 Å². The summed E-state index contributed by atoms with van der Waals surface area (Å²) in [5.74, 6) is -1.94. The van der Waals surface area contributed by atoms with Crippen LogP contribution in [-0.4, -0.2) is 25.6 Å². The fraction of sp³-hybridized carbons (Fsp3) is 0.571. The van der Waals surface area contributed by atoms with Crippen LogP contribution in [0.2, 0.25) is 0 Å². The molecule has 0 fully saturated rings. The van der Waals surface area contributed by atoms with Crippen molar-refractivity contribution in [2.24, 2.45) is 0 Å². The summed E-state index contributed by atoms with van der Waals surface area (Å²) in [5.41, 5.74) is -0.266. The molecule has 1 aromatic rings. The molecule has 0 saturated heterocycles. The summed E-state index contributed by atoms with van der Waals surface area (Å²) in [6, 6.07) is 2.29. The molecular formula is C14H18BF3O4. The number of hydrogen-bond donors (Lipinski definition) is 0. The lowest BCUT2D eigenvalue weighted by molar-refractivity contribution is -0.287. The molecule has 0 spiro atoms. The minimum atomic E-state index is -3.87. The molecule has 0 radical (unpaired) electrons. The highest BCUT2D eigenvalue weighted by Crippen LogP contribution is 2.42. The third-order valence-electron chi connectivity index (χ3n) is 3.35. The molecule has 0 bridgehead atoms. The van der Waals surface area contributed by atoms with Crippen molar-refractivity contribution in [3.8, 4) is 11.5 Å².